The van der Waals surface area contributed by atoms with E-state index in [-0.39, 0.29) is 17.9 Å². The van der Waals surface area contributed by atoms with Gasteiger partial charge in [0, 0.05) is 12.5 Å². The first kappa shape index (κ1) is 23.1. The molecule has 0 aliphatic carbocycles. The van der Waals surface area contributed by atoms with Crippen LogP contribution in [0.1, 0.15) is 36.9 Å². The van der Waals surface area contributed by atoms with Gasteiger partial charge in [0.05, 0.1) is 6.04 Å². The minimum Gasteiger partial charge on any atom is -0.473 e. The molecule has 1 atom stereocenters. The number of nitrogens with zero attached hydrogens (tertiary/aromatic N) is 1. The van der Waals surface area contributed by atoms with Gasteiger partial charge in [-0.3, -0.25) is 9.69 Å². The monoisotopic (exact) mass is 412 g/mol. The maximum Gasteiger partial charge on any atom is 0.414 e. The van der Waals surface area contributed by atoms with Crippen LogP contribution >= 0.6 is 0 Å². The standard InChI is InChI=1S/C21H26N2O.C2H2O4/c1-17(19-10-6-3-7-11-19)22-21(24)20-12-14-23(15-13-20)16-18-8-4-2-5-9-18;3-1(4)2(5)6/h2-11,17,20H,12-16H2,1H3,(H,22,24);(H,3,4)(H,5,6). The van der Waals surface area contributed by atoms with Gasteiger partial charge in [-0.1, -0.05) is 60.7 Å². The average Bonchev–Trinajstić information content (AvgIpc) is 2.76. The summed E-state index contributed by atoms with van der Waals surface area (Å²) in [4.78, 5) is 33.2. The molecule has 3 rings (SSSR count). The number of aliphatic carboxylic acids is 2. The molecule has 1 saturated heterocycles. The molecule has 2 aromatic carbocycles. The quantitative estimate of drug-likeness (QED) is 0.652. The molecular weight excluding hydrogens is 384 g/mol. The lowest BCUT2D eigenvalue weighted by atomic mass is 9.95. The summed E-state index contributed by atoms with van der Waals surface area (Å²) in [5, 5.41) is 18.0. The summed E-state index contributed by atoms with van der Waals surface area (Å²) < 4.78 is 0. The Balaban J connectivity index is 0.000000469. The Bertz CT molecular complexity index is 806. The lowest BCUT2D eigenvalue weighted by Crippen LogP contribution is -2.40. The predicted molar refractivity (Wildman–Crippen MR) is 113 cm³/mol. The van der Waals surface area contributed by atoms with Crippen molar-refractivity contribution < 1.29 is 24.6 Å². The maximum atomic E-state index is 12.5. The number of benzene rings is 2. The number of rotatable bonds is 5. The normalized spacial score (nSPS) is 15.4. The van der Waals surface area contributed by atoms with Crippen LogP contribution < -0.4 is 5.32 Å². The minimum atomic E-state index is -1.82. The summed E-state index contributed by atoms with van der Waals surface area (Å²) in [7, 11) is 0. The lowest BCUT2D eigenvalue weighted by Gasteiger charge is -2.32. The third-order valence-electron chi connectivity index (χ3n) is 5.05. The molecule has 1 fully saturated rings. The van der Waals surface area contributed by atoms with E-state index in [4.69, 9.17) is 19.8 Å². The predicted octanol–water partition coefficient (Wildman–Crippen LogP) is 2.93. The number of hydrogen-bond acceptors (Lipinski definition) is 4. The van der Waals surface area contributed by atoms with Crippen LogP contribution in [0.5, 0.6) is 0 Å². The van der Waals surface area contributed by atoms with Crippen molar-refractivity contribution in [2.24, 2.45) is 5.92 Å². The van der Waals surface area contributed by atoms with Gasteiger partial charge in [-0.15, -0.1) is 0 Å². The van der Waals surface area contributed by atoms with Gasteiger partial charge in [-0.25, -0.2) is 9.59 Å². The minimum absolute atomic E-state index is 0.0704. The zero-order valence-electron chi connectivity index (χ0n) is 17.0. The first-order chi connectivity index (χ1) is 14.4. The molecule has 0 radical (unpaired) electrons. The number of carbonyl (C=O) groups is 3. The molecule has 2 aromatic rings. The summed E-state index contributed by atoms with van der Waals surface area (Å²) in [6, 6.07) is 20.8. The SMILES string of the molecule is CC(NC(=O)C1CCN(Cc2ccccc2)CC1)c1ccccc1.O=C(O)C(=O)O. The number of amides is 1. The van der Waals surface area contributed by atoms with E-state index < -0.39 is 11.9 Å². The number of carboxylic acid groups (broad SMARTS) is 2. The maximum absolute atomic E-state index is 12.5. The highest BCUT2D eigenvalue weighted by Crippen LogP contribution is 2.21. The Hall–Kier alpha value is -3.19. The van der Waals surface area contributed by atoms with E-state index in [2.05, 4.69) is 53.5 Å². The molecule has 1 aliphatic heterocycles. The summed E-state index contributed by atoms with van der Waals surface area (Å²) in [5.74, 6) is -3.31. The van der Waals surface area contributed by atoms with Crippen molar-refractivity contribution in [3.63, 3.8) is 0 Å². The Kier molecular flexibility index (Phi) is 9.03. The molecular formula is C23H28N2O5. The van der Waals surface area contributed by atoms with Crippen molar-refractivity contribution in [2.45, 2.75) is 32.4 Å². The van der Waals surface area contributed by atoms with Crippen LogP contribution in [0.4, 0.5) is 0 Å². The molecule has 0 aromatic heterocycles. The first-order valence-electron chi connectivity index (χ1n) is 9.94. The zero-order chi connectivity index (χ0) is 21.9. The van der Waals surface area contributed by atoms with Crippen molar-refractivity contribution >= 4 is 17.8 Å². The second-order valence-corrected chi connectivity index (χ2v) is 7.29. The Morgan fingerprint density at radius 2 is 1.43 bits per heavy atom. The van der Waals surface area contributed by atoms with Crippen molar-refractivity contribution in [3.8, 4) is 0 Å². The molecule has 1 aliphatic rings. The summed E-state index contributed by atoms with van der Waals surface area (Å²) in [6.07, 6.45) is 1.89. The Morgan fingerprint density at radius 3 is 1.93 bits per heavy atom. The van der Waals surface area contributed by atoms with E-state index in [1.165, 1.54) is 5.56 Å². The highest BCUT2D eigenvalue weighted by atomic mass is 16.4. The largest absolute Gasteiger partial charge is 0.473 e. The summed E-state index contributed by atoms with van der Waals surface area (Å²) >= 11 is 0. The molecule has 7 heteroatoms. The van der Waals surface area contributed by atoms with Crippen molar-refractivity contribution in [2.75, 3.05) is 13.1 Å². The van der Waals surface area contributed by atoms with Gasteiger partial charge in [0.15, 0.2) is 0 Å². The van der Waals surface area contributed by atoms with Gasteiger partial charge in [-0.2, -0.15) is 0 Å². The fourth-order valence-electron chi connectivity index (χ4n) is 3.35. The van der Waals surface area contributed by atoms with Crippen LogP contribution in [0.15, 0.2) is 60.7 Å². The second-order valence-electron chi connectivity index (χ2n) is 7.29. The summed E-state index contributed by atoms with van der Waals surface area (Å²) in [5.41, 5.74) is 2.51. The van der Waals surface area contributed by atoms with E-state index in [1.54, 1.807) is 0 Å². The fraction of sp³-hybridized carbons (Fsp3) is 0.348. The first-order valence-corrected chi connectivity index (χ1v) is 9.94. The van der Waals surface area contributed by atoms with E-state index in [1.807, 2.05) is 24.3 Å². The molecule has 1 heterocycles. The van der Waals surface area contributed by atoms with Crippen LogP contribution in [0.25, 0.3) is 0 Å². The molecule has 0 saturated carbocycles. The van der Waals surface area contributed by atoms with Gasteiger partial charge in [0.25, 0.3) is 0 Å². The van der Waals surface area contributed by atoms with E-state index in [0.717, 1.165) is 38.0 Å². The molecule has 30 heavy (non-hydrogen) atoms. The highest BCUT2D eigenvalue weighted by molar-refractivity contribution is 6.27. The van der Waals surface area contributed by atoms with Gasteiger partial charge < -0.3 is 15.5 Å². The topological polar surface area (TPSA) is 107 Å². The van der Waals surface area contributed by atoms with Crippen LogP contribution in [-0.2, 0) is 20.9 Å². The number of hydrogen-bond donors (Lipinski definition) is 3. The average molecular weight is 412 g/mol. The molecule has 0 bridgehead atoms. The molecule has 1 amide bonds. The van der Waals surface area contributed by atoms with E-state index in [9.17, 15) is 4.79 Å². The smallest absolute Gasteiger partial charge is 0.414 e. The van der Waals surface area contributed by atoms with Crippen molar-refractivity contribution in [1.82, 2.24) is 10.2 Å². The lowest BCUT2D eigenvalue weighted by molar-refractivity contribution is -0.159. The Morgan fingerprint density at radius 1 is 0.933 bits per heavy atom. The molecule has 1 unspecified atom stereocenters. The van der Waals surface area contributed by atoms with Crippen LogP contribution in [0.2, 0.25) is 0 Å². The van der Waals surface area contributed by atoms with E-state index >= 15 is 0 Å². The molecule has 7 nitrogen and oxygen atoms in total. The number of nitrogens with one attached hydrogen (secondary N) is 1. The fourth-order valence-corrected chi connectivity index (χ4v) is 3.35. The van der Waals surface area contributed by atoms with Crippen LogP contribution in [0.3, 0.4) is 0 Å². The third-order valence-corrected chi connectivity index (χ3v) is 5.05. The third kappa shape index (κ3) is 7.67. The van der Waals surface area contributed by atoms with Crippen LogP contribution in [0, 0.1) is 5.92 Å². The summed E-state index contributed by atoms with van der Waals surface area (Å²) in [6.45, 7) is 5.02. The number of carboxylic acids is 2. The number of piperidine rings is 1. The van der Waals surface area contributed by atoms with Gasteiger partial charge in [0.1, 0.15) is 0 Å². The van der Waals surface area contributed by atoms with E-state index in [0.29, 0.717) is 0 Å². The number of likely N-dealkylation sites (tertiary alicyclic amines) is 1. The van der Waals surface area contributed by atoms with Crippen molar-refractivity contribution in [3.05, 3.63) is 71.8 Å². The van der Waals surface area contributed by atoms with Crippen molar-refractivity contribution in [1.29, 1.82) is 0 Å². The van der Waals surface area contributed by atoms with Gasteiger partial charge in [0.2, 0.25) is 5.91 Å². The molecule has 0 spiro atoms. The molecule has 3 N–H and O–H groups in total. The highest BCUT2D eigenvalue weighted by Gasteiger charge is 2.25. The van der Waals surface area contributed by atoms with Gasteiger partial charge in [-0.05, 0) is 44.0 Å². The second kappa shape index (κ2) is 11.7. The zero-order valence-corrected chi connectivity index (χ0v) is 17.0. The molecule has 160 valence electrons. The van der Waals surface area contributed by atoms with Crippen LogP contribution in [-0.4, -0.2) is 46.0 Å². The number of carbonyl (C=O) groups excluding carboxylic acids is 1. The Labute approximate surface area is 176 Å². The van der Waals surface area contributed by atoms with Gasteiger partial charge >= 0.3 is 11.9 Å².